The molecule has 0 saturated carbocycles. The maximum absolute atomic E-state index is 10.8. The highest BCUT2D eigenvalue weighted by Gasteiger charge is 2.23. The molecule has 0 spiro atoms. The van der Waals surface area contributed by atoms with E-state index in [4.69, 9.17) is 5.11 Å². The first kappa shape index (κ1) is 10.9. The molecule has 1 heterocycles. The summed E-state index contributed by atoms with van der Waals surface area (Å²) in [6.07, 6.45) is 3.53. The van der Waals surface area contributed by atoms with Gasteiger partial charge in [0.25, 0.3) is 0 Å². The van der Waals surface area contributed by atoms with E-state index in [0.717, 1.165) is 5.69 Å². The zero-order valence-corrected chi connectivity index (χ0v) is 10.2. The molecular formula is C6H7BrIN3O2. The monoisotopic (exact) mass is 359 g/mol. The first-order chi connectivity index (χ1) is 6.11. The molecule has 7 heteroatoms. The fourth-order valence-corrected chi connectivity index (χ4v) is 1.60. The summed E-state index contributed by atoms with van der Waals surface area (Å²) in [5.74, 6) is -0.874. The molecule has 13 heavy (non-hydrogen) atoms. The summed E-state index contributed by atoms with van der Waals surface area (Å²) in [5, 5.41) is 8.83. The fraction of sp³-hybridized carbons (Fsp3) is 0.333. The largest absolute Gasteiger partial charge is 0.480 e. The van der Waals surface area contributed by atoms with Gasteiger partial charge in [-0.3, -0.25) is 4.79 Å². The van der Waals surface area contributed by atoms with Gasteiger partial charge in [-0.05, 0) is 0 Å². The minimum absolute atomic E-state index is 0.392. The molecule has 5 nitrogen and oxygen atoms in total. The average molecular weight is 360 g/mol. The number of aromatic amines is 1. The number of rotatable bonds is 4. The van der Waals surface area contributed by atoms with Crippen molar-refractivity contribution in [2.75, 3.05) is 0 Å². The molecule has 0 aliphatic heterocycles. The summed E-state index contributed by atoms with van der Waals surface area (Å²) in [6.45, 7) is 0. The van der Waals surface area contributed by atoms with Crippen LogP contribution in [0.2, 0.25) is 0 Å². The lowest BCUT2D eigenvalue weighted by Crippen LogP contribution is -2.30. The lowest BCUT2D eigenvalue weighted by molar-refractivity contribution is -0.139. The van der Waals surface area contributed by atoms with Crippen LogP contribution in [0.5, 0.6) is 0 Å². The smallest absolute Gasteiger partial charge is 0.323 e. The number of carboxylic acids is 1. The Morgan fingerprint density at radius 3 is 3.00 bits per heavy atom. The highest BCUT2D eigenvalue weighted by Crippen LogP contribution is 2.16. The molecule has 1 aromatic heterocycles. The maximum Gasteiger partial charge on any atom is 0.323 e. The van der Waals surface area contributed by atoms with E-state index in [1.165, 1.54) is 8.47 Å². The Bertz CT molecular complexity index is 277. The summed E-state index contributed by atoms with van der Waals surface area (Å²) in [7, 11) is 0. The van der Waals surface area contributed by atoms with E-state index in [9.17, 15) is 4.79 Å². The van der Waals surface area contributed by atoms with Crippen LogP contribution in [0.3, 0.4) is 0 Å². The van der Waals surface area contributed by atoms with Crippen molar-refractivity contribution in [3.63, 3.8) is 0 Å². The summed E-state index contributed by atoms with van der Waals surface area (Å²) >= 11 is 4.97. The predicted molar refractivity (Wildman–Crippen MR) is 58.5 cm³/mol. The molecule has 1 atom stereocenters. The molecule has 0 unspecified atom stereocenters. The van der Waals surface area contributed by atoms with E-state index in [0.29, 0.717) is 6.42 Å². The third-order valence-electron chi connectivity index (χ3n) is 1.49. The van der Waals surface area contributed by atoms with Crippen LogP contribution < -0.4 is 0 Å². The molecule has 72 valence electrons. The maximum atomic E-state index is 10.8. The molecule has 2 N–H and O–H groups in total. The number of carboxylic acid groups (broad SMARTS) is 1. The molecule has 0 aliphatic rings. The molecule has 0 aromatic carbocycles. The third kappa shape index (κ3) is 3.24. The van der Waals surface area contributed by atoms with Crippen LogP contribution in [-0.2, 0) is 11.2 Å². The number of carbonyl (C=O) groups is 1. The standard InChI is InChI=1S/C6H7BrIN3O2/c7-11(8)5(6(12)13)1-4-2-9-3-10-4/h2-3,5H,1H2,(H,9,10)(H,12,13)/t5-/m0/s1. The van der Waals surface area contributed by atoms with E-state index in [1.54, 1.807) is 6.20 Å². The second-order valence-electron chi connectivity index (χ2n) is 2.39. The van der Waals surface area contributed by atoms with Crippen molar-refractivity contribution in [2.45, 2.75) is 12.5 Å². The second kappa shape index (κ2) is 4.91. The van der Waals surface area contributed by atoms with Gasteiger partial charge in [0, 0.05) is 57.3 Å². The molecule has 0 aliphatic carbocycles. The van der Waals surface area contributed by atoms with E-state index >= 15 is 0 Å². The number of aliphatic carboxylic acids is 1. The van der Waals surface area contributed by atoms with Crippen molar-refractivity contribution in [2.24, 2.45) is 0 Å². The van der Waals surface area contributed by atoms with Gasteiger partial charge in [0.1, 0.15) is 6.04 Å². The van der Waals surface area contributed by atoms with Crippen LogP contribution in [0.4, 0.5) is 0 Å². The summed E-state index contributed by atoms with van der Waals surface area (Å²) in [4.78, 5) is 17.4. The molecule has 0 saturated heterocycles. The van der Waals surface area contributed by atoms with E-state index < -0.39 is 12.0 Å². The molecule has 1 aromatic rings. The average Bonchev–Trinajstić information content (AvgIpc) is 2.50. The van der Waals surface area contributed by atoms with E-state index in [1.807, 2.05) is 22.9 Å². The second-order valence-corrected chi connectivity index (χ2v) is 5.52. The number of nitrogens with one attached hydrogen (secondary N) is 1. The van der Waals surface area contributed by atoms with Gasteiger partial charge in [0.05, 0.1) is 6.33 Å². The molecule has 1 rings (SSSR count). The summed E-state index contributed by atoms with van der Waals surface area (Å²) in [5.41, 5.74) is 0.800. The molecule has 0 fully saturated rings. The van der Waals surface area contributed by atoms with Crippen LogP contribution in [0.1, 0.15) is 5.69 Å². The van der Waals surface area contributed by atoms with Crippen molar-refractivity contribution in [1.29, 1.82) is 0 Å². The van der Waals surface area contributed by atoms with Crippen molar-refractivity contribution >= 4 is 45.0 Å². The van der Waals surface area contributed by atoms with E-state index in [2.05, 4.69) is 26.1 Å². The topological polar surface area (TPSA) is 69.2 Å². The minimum Gasteiger partial charge on any atom is -0.480 e. The number of nitrogens with zero attached hydrogens (tertiary/aromatic N) is 2. The number of hydrogen-bond donors (Lipinski definition) is 2. The fourth-order valence-electron chi connectivity index (χ4n) is 0.844. The Morgan fingerprint density at radius 2 is 2.62 bits per heavy atom. The number of H-pyrrole nitrogens is 1. The van der Waals surface area contributed by atoms with Gasteiger partial charge in [-0.15, -0.1) is 0 Å². The number of halogens is 2. The summed E-state index contributed by atoms with van der Waals surface area (Å²) < 4.78 is 1.45. The number of aromatic nitrogens is 2. The lowest BCUT2D eigenvalue weighted by Gasteiger charge is -2.14. The Morgan fingerprint density at radius 1 is 1.92 bits per heavy atom. The first-order valence-corrected chi connectivity index (χ1v) is 5.09. The zero-order valence-electron chi connectivity index (χ0n) is 6.44. The van der Waals surface area contributed by atoms with Gasteiger partial charge < -0.3 is 10.1 Å². The highest BCUT2D eigenvalue weighted by atomic mass is 127. The predicted octanol–water partition coefficient (Wildman–Crippen LogP) is 1.37. The van der Waals surface area contributed by atoms with Crippen LogP contribution in [-0.4, -0.2) is 29.2 Å². The van der Waals surface area contributed by atoms with Gasteiger partial charge in [0.2, 0.25) is 0 Å². The van der Waals surface area contributed by atoms with E-state index in [-0.39, 0.29) is 0 Å². The SMILES string of the molecule is O=C(O)[C@H](Cc1cnc[nH]1)N(Br)I. The van der Waals surface area contributed by atoms with Gasteiger partial charge >= 0.3 is 5.97 Å². The van der Waals surface area contributed by atoms with Gasteiger partial charge in [-0.25, -0.2) is 4.98 Å². The zero-order chi connectivity index (χ0) is 9.84. The summed E-state index contributed by atoms with van der Waals surface area (Å²) in [6, 6.07) is -0.596. The van der Waals surface area contributed by atoms with Crippen LogP contribution >= 0.6 is 39.0 Å². The van der Waals surface area contributed by atoms with Crippen LogP contribution in [0.25, 0.3) is 0 Å². The third-order valence-corrected chi connectivity index (χ3v) is 2.66. The Hall–Kier alpha value is -0.150. The van der Waals surface area contributed by atoms with Crippen LogP contribution in [0, 0.1) is 0 Å². The van der Waals surface area contributed by atoms with Crippen molar-refractivity contribution in [1.82, 2.24) is 12.1 Å². The van der Waals surface area contributed by atoms with Crippen molar-refractivity contribution in [3.05, 3.63) is 18.2 Å². The molecule has 0 radical (unpaired) electrons. The quantitative estimate of drug-likeness (QED) is 0.629. The van der Waals surface area contributed by atoms with Crippen LogP contribution in [0.15, 0.2) is 12.5 Å². The normalized spacial score (nSPS) is 13.2. The molecule has 0 bridgehead atoms. The highest BCUT2D eigenvalue weighted by molar-refractivity contribution is 14.1. The Balaban J connectivity index is 2.63. The van der Waals surface area contributed by atoms with Gasteiger partial charge in [0.15, 0.2) is 0 Å². The molecular weight excluding hydrogens is 353 g/mol. The minimum atomic E-state index is -0.874. The first-order valence-electron chi connectivity index (χ1n) is 3.42. The van der Waals surface area contributed by atoms with Crippen molar-refractivity contribution in [3.8, 4) is 0 Å². The number of imidazole rings is 1. The molecule has 0 amide bonds. The van der Waals surface area contributed by atoms with Crippen molar-refractivity contribution < 1.29 is 9.90 Å². The van der Waals surface area contributed by atoms with Gasteiger partial charge in [-0.2, -0.15) is 2.14 Å². The van der Waals surface area contributed by atoms with Gasteiger partial charge in [-0.1, -0.05) is 0 Å². The Labute approximate surface area is 97.4 Å². The number of hydrogen-bond acceptors (Lipinski definition) is 3. The Kier molecular flexibility index (Phi) is 4.13. The lowest BCUT2D eigenvalue weighted by atomic mass is 10.2.